The van der Waals surface area contributed by atoms with Crippen molar-refractivity contribution in [2.45, 2.75) is 0 Å². The van der Waals surface area contributed by atoms with E-state index in [9.17, 15) is 4.57 Å². The average molecular weight is 288 g/mol. The first kappa shape index (κ1) is 17.9. The van der Waals surface area contributed by atoms with Crippen molar-refractivity contribution in [3.05, 3.63) is 0 Å². The predicted octanol–water partition coefficient (Wildman–Crippen LogP) is -0.208. The lowest BCUT2D eigenvalue weighted by molar-refractivity contribution is -0.00103. The molecule has 8 nitrogen and oxygen atoms in total. The van der Waals surface area contributed by atoms with Crippen LogP contribution in [0.4, 0.5) is 0 Å². The smallest absolute Gasteiger partial charge is 0.382 e. The molecule has 0 aliphatic heterocycles. The van der Waals surface area contributed by atoms with Crippen LogP contribution in [0.3, 0.4) is 0 Å². The Morgan fingerprint density at radius 2 is 1.17 bits per heavy atom. The summed E-state index contributed by atoms with van der Waals surface area (Å²) in [5, 5.41) is 0. The number of hydrogen-bond donors (Lipinski definition) is 2. The molecule has 0 radical (unpaired) electrons. The Morgan fingerprint density at radius 3 is 1.56 bits per heavy atom. The minimum absolute atomic E-state index is 0.110. The van der Waals surface area contributed by atoms with Crippen molar-refractivity contribution in [2.24, 2.45) is 0 Å². The maximum Gasteiger partial charge on any atom is 0.469 e. The molecule has 0 fully saturated rings. The van der Waals surface area contributed by atoms with Crippen LogP contribution in [0.2, 0.25) is 0 Å². The summed E-state index contributed by atoms with van der Waals surface area (Å²) < 4.78 is 34.6. The maximum atomic E-state index is 10.3. The molecule has 0 bridgehead atoms. The molecule has 110 valence electrons. The zero-order valence-electron chi connectivity index (χ0n) is 10.4. The van der Waals surface area contributed by atoms with Crippen LogP contribution in [0.15, 0.2) is 0 Å². The van der Waals surface area contributed by atoms with Gasteiger partial charge in [-0.25, -0.2) is 4.57 Å². The molecule has 0 aliphatic rings. The van der Waals surface area contributed by atoms with E-state index in [4.69, 9.17) is 28.7 Å². The Morgan fingerprint density at radius 1 is 0.778 bits per heavy atom. The molecule has 9 heteroatoms. The van der Waals surface area contributed by atoms with Crippen LogP contribution in [0, 0.1) is 0 Å². The van der Waals surface area contributed by atoms with Crippen LogP contribution in [-0.4, -0.2) is 69.8 Å². The van der Waals surface area contributed by atoms with E-state index in [-0.39, 0.29) is 13.2 Å². The summed E-state index contributed by atoms with van der Waals surface area (Å²) in [6, 6.07) is 0. The van der Waals surface area contributed by atoms with E-state index in [0.29, 0.717) is 39.6 Å². The number of methoxy groups -OCH3 is 1. The number of rotatable bonds is 13. The fourth-order valence-electron chi connectivity index (χ4n) is 0.899. The van der Waals surface area contributed by atoms with E-state index in [1.54, 1.807) is 7.11 Å². The molecule has 0 aromatic carbocycles. The van der Waals surface area contributed by atoms with E-state index in [2.05, 4.69) is 4.52 Å². The van der Waals surface area contributed by atoms with Crippen molar-refractivity contribution in [3.8, 4) is 0 Å². The number of hydrogen-bond acceptors (Lipinski definition) is 6. The van der Waals surface area contributed by atoms with E-state index >= 15 is 0 Å². The van der Waals surface area contributed by atoms with Gasteiger partial charge in [0.05, 0.1) is 52.9 Å². The molecule has 0 saturated heterocycles. The van der Waals surface area contributed by atoms with Crippen molar-refractivity contribution in [1.29, 1.82) is 0 Å². The van der Waals surface area contributed by atoms with Crippen molar-refractivity contribution in [2.75, 3.05) is 60.0 Å². The normalized spacial score (nSPS) is 11.9. The van der Waals surface area contributed by atoms with Gasteiger partial charge in [-0.2, -0.15) is 0 Å². The van der Waals surface area contributed by atoms with Crippen molar-refractivity contribution >= 4 is 7.82 Å². The first-order chi connectivity index (χ1) is 8.56. The third-order valence-electron chi connectivity index (χ3n) is 1.66. The predicted molar refractivity (Wildman–Crippen MR) is 62.3 cm³/mol. The summed E-state index contributed by atoms with van der Waals surface area (Å²) in [6.45, 7) is 2.74. The highest BCUT2D eigenvalue weighted by Gasteiger charge is 2.12. The fourth-order valence-corrected chi connectivity index (χ4v) is 1.21. The second-order valence-corrected chi connectivity index (χ2v) is 4.39. The third-order valence-corrected chi connectivity index (χ3v) is 2.18. The molecule has 0 heterocycles. The van der Waals surface area contributed by atoms with Gasteiger partial charge in [0.1, 0.15) is 0 Å². The lowest BCUT2D eigenvalue weighted by atomic mass is 10.7. The van der Waals surface area contributed by atoms with E-state index in [1.807, 2.05) is 0 Å². The first-order valence-electron chi connectivity index (χ1n) is 5.48. The molecule has 0 spiro atoms. The Kier molecular flexibility index (Phi) is 12.0. The monoisotopic (exact) mass is 288 g/mol. The van der Waals surface area contributed by atoms with Crippen molar-refractivity contribution in [1.82, 2.24) is 0 Å². The van der Waals surface area contributed by atoms with Gasteiger partial charge in [0, 0.05) is 7.11 Å². The number of phosphoric acid groups is 1. The standard InChI is InChI=1S/C9H21O8P/c1-13-2-3-14-4-5-15-6-7-16-8-9-17-18(10,11)12/h2-9H2,1H3,(H2,10,11,12). The summed E-state index contributed by atoms with van der Waals surface area (Å²) in [4.78, 5) is 16.7. The number of ether oxygens (including phenoxy) is 4. The van der Waals surface area contributed by atoms with E-state index in [1.165, 1.54) is 0 Å². The molecule has 18 heavy (non-hydrogen) atoms. The summed E-state index contributed by atoms with van der Waals surface area (Å²) in [5.41, 5.74) is 0. The molecule has 0 saturated carbocycles. The summed E-state index contributed by atoms with van der Waals surface area (Å²) >= 11 is 0. The zero-order chi connectivity index (χ0) is 13.7. The molecule has 0 aromatic rings. The zero-order valence-corrected chi connectivity index (χ0v) is 11.3. The summed E-state index contributed by atoms with van der Waals surface area (Å²) in [5.74, 6) is 0. The Balaban J connectivity index is 3.01. The second kappa shape index (κ2) is 12.0. The Bertz CT molecular complexity index is 219. The van der Waals surface area contributed by atoms with Gasteiger partial charge in [0.15, 0.2) is 0 Å². The van der Waals surface area contributed by atoms with Gasteiger partial charge in [-0.15, -0.1) is 0 Å². The van der Waals surface area contributed by atoms with Gasteiger partial charge in [-0.1, -0.05) is 0 Å². The maximum absolute atomic E-state index is 10.3. The van der Waals surface area contributed by atoms with Gasteiger partial charge >= 0.3 is 7.82 Å². The van der Waals surface area contributed by atoms with Gasteiger partial charge in [0.25, 0.3) is 0 Å². The molecule has 0 atom stereocenters. The molecular weight excluding hydrogens is 267 g/mol. The van der Waals surface area contributed by atoms with Crippen LogP contribution in [0.1, 0.15) is 0 Å². The van der Waals surface area contributed by atoms with E-state index in [0.717, 1.165) is 0 Å². The summed E-state index contributed by atoms with van der Waals surface area (Å²) in [7, 11) is -2.78. The minimum Gasteiger partial charge on any atom is -0.382 e. The Labute approximate surface area is 106 Å². The van der Waals surface area contributed by atoms with Crippen molar-refractivity contribution < 1.29 is 37.8 Å². The van der Waals surface area contributed by atoms with Gasteiger partial charge in [0.2, 0.25) is 0 Å². The van der Waals surface area contributed by atoms with Crippen molar-refractivity contribution in [3.63, 3.8) is 0 Å². The van der Waals surface area contributed by atoms with Crippen LogP contribution in [-0.2, 0) is 28.0 Å². The second-order valence-electron chi connectivity index (χ2n) is 3.15. The summed E-state index contributed by atoms with van der Waals surface area (Å²) in [6.07, 6.45) is 0. The quantitative estimate of drug-likeness (QED) is 0.354. The first-order valence-corrected chi connectivity index (χ1v) is 7.01. The molecular formula is C9H21O8P. The van der Waals surface area contributed by atoms with Crippen LogP contribution < -0.4 is 0 Å². The molecule has 2 N–H and O–H groups in total. The van der Waals surface area contributed by atoms with Gasteiger partial charge in [-0.3, -0.25) is 4.52 Å². The molecule has 0 rings (SSSR count). The van der Waals surface area contributed by atoms with Gasteiger partial charge < -0.3 is 28.7 Å². The molecule has 0 aromatic heterocycles. The average Bonchev–Trinajstić information content (AvgIpc) is 2.29. The van der Waals surface area contributed by atoms with Crippen LogP contribution >= 0.6 is 7.82 Å². The fraction of sp³-hybridized carbons (Fsp3) is 1.00. The highest BCUT2D eigenvalue weighted by molar-refractivity contribution is 7.46. The lowest BCUT2D eigenvalue weighted by Gasteiger charge is -2.07. The van der Waals surface area contributed by atoms with Crippen LogP contribution in [0.25, 0.3) is 0 Å². The SMILES string of the molecule is COCCOCCOCCOCCOP(=O)(O)O. The van der Waals surface area contributed by atoms with E-state index < -0.39 is 7.82 Å². The molecule has 0 amide bonds. The highest BCUT2D eigenvalue weighted by Crippen LogP contribution is 2.35. The minimum atomic E-state index is -4.38. The third kappa shape index (κ3) is 16.0. The Hall–Kier alpha value is -0.0500. The highest BCUT2D eigenvalue weighted by atomic mass is 31.2. The topological polar surface area (TPSA) is 104 Å². The largest absolute Gasteiger partial charge is 0.469 e. The van der Waals surface area contributed by atoms with Gasteiger partial charge in [-0.05, 0) is 0 Å². The number of phosphoric ester groups is 1. The lowest BCUT2D eigenvalue weighted by Crippen LogP contribution is -2.12. The molecule has 0 aliphatic carbocycles. The van der Waals surface area contributed by atoms with Crippen LogP contribution in [0.5, 0.6) is 0 Å². The molecule has 0 unspecified atom stereocenters.